The Morgan fingerprint density at radius 3 is 2.18 bits per heavy atom. The van der Waals surface area contributed by atoms with Gasteiger partial charge in [0.15, 0.2) is 0 Å². The molecule has 11 heavy (non-hydrogen) atoms. The van der Waals surface area contributed by atoms with Crippen molar-refractivity contribution in [2.75, 3.05) is 0 Å². The summed E-state index contributed by atoms with van der Waals surface area (Å²) in [6, 6.07) is 0. The molecule has 0 rings (SSSR count). The van der Waals surface area contributed by atoms with Gasteiger partial charge in [-0.25, -0.2) is 0 Å². The van der Waals surface area contributed by atoms with E-state index in [0.717, 1.165) is 6.42 Å². The lowest BCUT2D eigenvalue weighted by atomic mass is 9.95. The topological polar surface area (TPSA) is 0 Å². The highest BCUT2D eigenvalue weighted by Crippen LogP contribution is 2.18. The van der Waals surface area contributed by atoms with E-state index in [-0.39, 0.29) is 0 Å². The Morgan fingerprint density at radius 2 is 1.91 bits per heavy atom. The Morgan fingerprint density at radius 1 is 1.36 bits per heavy atom. The molecule has 0 aliphatic heterocycles. The van der Waals surface area contributed by atoms with E-state index >= 15 is 0 Å². The Kier molecular flexibility index (Phi) is 4.93. The van der Waals surface area contributed by atoms with Crippen LogP contribution in [0.1, 0.15) is 41.0 Å². The summed E-state index contributed by atoms with van der Waals surface area (Å²) in [4.78, 5) is 0. The lowest BCUT2D eigenvalue weighted by Gasteiger charge is -2.10. The van der Waals surface area contributed by atoms with Crippen LogP contribution in [-0.2, 0) is 0 Å². The van der Waals surface area contributed by atoms with E-state index in [9.17, 15) is 0 Å². The smallest absolute Gasteiger partial charge is 0.0220 e. The minimum atomic E-state index is 0.655. The molecule has 0 aliphatic rings. The third-order valence-corrected chi connectivity index (χ3v) is 1.90. The van der Waals surface area contributed by atoms with Crippen LogP contribution < -0.4 is 0 Å². The van der Waals surface area contributed by atoms with Crippen molar-refractivity contribution in [3.8, 4) is 0 Å². The van der Waals surface area contributed by atoms with Crippen molar-refractivity contribution in [2.45, 2.75) is 41.0 Å². The van der Waals surface area contributed by atoms with Gasteiger partial charge in [0, 0.05) is 0 Å². The van der Waals surface area contributed by atoms with Crippen molar-refractivity contribution in [1.82, 2.24) is 0 Å². The molecule has 0 aromatic carbocycles. The van der Waals surface area contributed by atoms with Gasteiger partial charge in [-0.15, -0.1) is 0 Å². The first-order valence-electron chi connectivity index (χ1n) is 4.46. The van der Waals surface area contributed by atoms with Crippen molar-refractivity contribution in [2.24, 2.45) is 5.92 Å². The second kappa shape index (κ2) is 5.17. The Balaban J connectivity index is 4.40. The van der Waals surface area contributed by atoms with Gasteiger partial charge in [0.1, 0.15) is 0 Å². The Bertz CT molecular complexity index is 159. The summed E-state index contributed by atoms with van der Waals surface area (Å²) >= 11 is 0. The summed E-state index contributed by atoms with van der Waals surface area (Å²) in [6.07, 6.45) is 5.64. The lowest BCUT2D eigenvalue weighted by molar-refractivity contribution is 0.774. The van der Waals surface area contributed by atoms with Gasteiger partial charge in [-0.05, 0) is 31.8 Å². The van der Waals surface area contributed by atoms with Crippen molar-refractivity contribution in [3.63, 3.8) is 0 Å². The molecule has 0 heterocycles. The molecule has 0 saturated heterocycles. The monoisotopic (exact) mass is 152 g/mol. The predicted molar refractivity (Wildman–Crippen MR) is 52.6 cm³/mol. The molecule has 0 saturated carbocycles. The minimum absolute atomic E-state index is 0.655. The van der Waals surface area contributed by atoms with E-state index in [1.54, 1.807) is 0 Å². The first-order valence-corrected chi connectivity index (χ1v) is 4.46. The highest BCUT2D eigenvalue weighted by atomic mass is 14.1. The number of rotatable bonds is 3. The van der Waals surface area contributed by atoms with Crippen LogP contribution in [0.2, 0.25) is 0 Å². The van der Waals surface area contributed by atoms with Crippen LogP contribution in [0.15, 0.2) is 23.3 Å². The zero-order valence-corrected chi connectivity index (χ0v) is 8.44. The van der Waals surface area contributed by atoms with E-state index in [4.69, 9.17) is 0 Å². The molecule has 0 aliphatic carbocycles. The molecule has 64 valence electrons. The summed E-state index contributed by atoms with van der Waals surface area (Å²) in [5.74, 6) is 0.655. The average Bonchev–Trinajstić information content (AvgIpc) is 1.88. The molecule has 0 spiro atoms. The van der Waals surface area contributed by atoms with Gasteiger partial charge >= 0.3 is 0 Å². The van der Waals surface area contributed by atoms with Crippen molar-refractivity contribution in [1.29, 1.82) is 0 Å². The first-order chi connectivity index (χ1) is 5.13. The van der Waals surface area contributed by atoms with E-state index in [1.807, 2.05) is 0 Å². The molecular weight excluding hydrogens is 132 g/mol. The zero-order chi connectivity index (χ0) is 8.85. The van der Waals surface area contributed by atoms with Gasteiger partial charge in [-0.3, -0.25) is 0 Å². The lowest BCUT2D eigenvalue weighted by Crippen LogP contribution is -1.94. The van der Waals surface area contributed by atoms with E-state index < -0.39 is 0 Å². The number of hydrogen-bond acceptors (Lipinski definition) is 0. The molecule has 0 unspecified atom stereocenters. The van der Waals surface area contributed by atoms with Crippen molar-refractivity contribution >= 4 is 0 Å². The van der Waals surface area contributed by atoms with Gasteiger partial charge in [0.05, 0.1) is 0 Å². The summed E-state index contributed by atoms with van der Waals surface area (Å²) in [5, 5.41) is 0. The SMILES string of the molecule is C/C=C(\C(C)=C/CC)C(C)C. The first kappa shape index (κ1) is 10.5. The van der Waals surface area contributed by atoms with E-state index in [1.165, 1.54) is 11.1 Å². The number of allylic oxidation sites excluding steroid dienone is 4. The second-order valence-corrected chi connectivity index (χ2v) is 3.19. The third kappa shape index (κ3) is 3.41. The highest BCUT2D eigenvalue weighted by molar-refractivity contribution is 5.29. The predicted octanol–water partition coefficient (Wildman–Crippen LogP) is 3.95. The molecule has 0 amide bonds. The Labute approximate surface area is 71.0 Å². The van der Waals surface area contributed by atoms with Gasteiger partial charge < -0.3 is 0 Å². The molecule has 0 aromatic rings. The Hall–Kier alpha value is -0.520. The standard InChI is InChI=1S/C11H20/c1-6-8-10(5)11(7-2)9(3)4/h7-9H,6H2,1-5H3/b10-8-,11-7-. The highest BCUT2D eigenvalue weighted by Gasteiger charge is 2.02. The van der Waals surface area contributed by atoms with Crippen LogP contribution >= 0.6 is 0 Å². The summed E-state index contributed by atoms with van der Waals surface area (Å²) in [5.41, 5.74) is 2.91. The zero-order valence-electron chi connectivity index (χ0n) is 8.44. The van der Waals surface area contributed by atoms with Gasteiger partial charge in [-0.2, -0.15) is 0 Å². The normalized spacial score (nSPS) is 14.4. The molecule has 0 bridgehead atoms. The van der Waals surface area contributed by atoms with Crippen LogP contribution in [0, 0.1) is 5.92 Å². The van der Waals surface area contributed by atoms with Crippen molar-refractivity contribution in [3.05, 3.63) is 23.3 Å². The molecule has 0 fully saturated rings. The molecule has 0 atom stereocenters. The van der Waals surface area contributed by atoms with Crippen LogP contribution in [-0.4, -0.2) is 0 Å². The summed E-state index contributed by atoms with van der Waals surface area (Å²) in [6.45, 7) is 11.0. The molecule has 0 radical (unpaired) electrons. The van der Waals surface area contributed by atoms with Crippen LogP contribution in [0.3, 0.4) is 0 Å². The fourth-order valence-electron chi connectivity index (χ4n) is 1.44. The minimum Gasteiger partial charge on any atom is -0.0839 e. The van der Waals surface area contributed by atoms with Crippen LogP contribution in [0.5, 0.6) is 0 Å². The van der Waals surface area contributed by atoms with E-state index in [0.29, 0.717) is 5.92 Å². The maximum Gasteiger partial charge on any atom is -0.0220 e. The average molecular weight is 152 g/mol. The molecule has 0 N–H and O–H groups in total. The maximum atomic E-state index is 2.29. The molecule has 0 nitrogen and oxygen atoms in total. The fraction of sp³-hybridized carbons (Fsp3) is 0.636. The van der Waals surface area contributed by atoms with Crippen molar-refractivity contribution < 1.29 is 0 Å². The quantitative estimate of drug-likeness (QED) is 0.537. The van der Waals surface area contributed by atoms with Crippen LogP contribution in [0.25, 0.3) is 0 Å². The molecular formula is C11H20. The van der Waals surface area contributed by atoms with Gasteiger partial charge in [0.2, 0.25) is 0 Å². The van der Waals surface area contributed by atoms with E-state index in [2.05, 4.69) is 46.8 Å². The summed E-state index contributed by atoms with van der Waals surface area (Å²) in [7, 11) is 0. The fourth-order valence-corrected chi connectivity index (χ4v) is 1.44. The summed E-state index contributed by atoms with van der Waals surface area (Å²) < 4.78 is 0. The number of hydrogen-bond donors (Lipinski definition) is 0. The third-order valence-electron chi connectivity index (χ3n) is 1.90. The molecule has 0 heteroatoms. The van der Waals surface area contributed by atoms with Gasteiger partial charge in [-0.1, -0.05) is 38.5 Å². The van der Waals surface area contributed by atoms with Gasteiger partial charge in [0.25, 0.3) is 0 Å². The van der Waals surface area contributed by atoms with Crippen LogP contribution in [0.4, 0.5) is 0 Å². The largest absolute Gasteiger partial charge is 0.0839 e. The second-order valence-electron chi connectivity index (χ2n) is 3.19. The molecule has 0 aromatic heterocycles. The maximum absolute atomic E-state index is 2.29.